The first-order valence-electron chi connectivity index (χ1n) is 9.78. The lowest BCUT2D eigenvalue weighted by molar-refractivity contribution is 0.253. The molecule has 1 saturated heterocycles. The van der Waals surface area contributed by atoms with Gasteiger partial charge < -0.3 is 9.88 Å². The number of piperazine rings is 1. The summed E-state index contributed by atoms with van der Waals surface area (Å²) in [5.74, 6) is -0.175. The molecule has 3 nitrogen and oxygen atoms in total. The van der Waals surface area contributed by atoms with E-state index < -0.39 is 0 Å². The highest BCUT2D eigenvalue weighted by Gasteiger charge is 2.19. The van der Waals surface area contributed by atoms with E-state index in [4.69, 9.17) is 23.2 Å². The van der Waals surface area contributed by atoms with Crippen molar-refractivity contribution in [2.24, 2.45) is 0 Å². The Bertz CT molecular complexity index is 948. The zero-order valence-electron chi connectivity index (χ0n) is 15.7. The highest BCUT2D eigenvalue weighted by atomic mass is 35.5. The van der Waals surface area contributed by atoms with Crippen molar-refractivity contribution in [3.63, 3.8) is 0 Å². The van der Waals surface area contributed by atoms with E-state index >= 15 is 0 Å². The van der Waals surface area contributed by atoms with Crippen LogP contribution in [0, 0.1) is 5.82 Å². The summed E-state index contributed by atoms with van der Waals surface area (Å²) in [7, 11) is 0. The molecule has 1 N–H and O–H groups in total. The van der Waals surface area contributed by atoms with Crippen LogP contribution < -0.4 is 4.90 Å². The third-order valence-electron chi connectivity index (χ3n) is 5.54. The summed E-state index contributed by atoms with van der Waals surface area (Å²) in [4.78, 5) is 8.05. The van der Waals surface area contributed by atoms with Gasteiger partial charge in [-0.1, -0.05) is 29.3 Å². The minimum absolute atomic E-state index is 0.175. The SMILES string of the molecule is Fc1ccc2[nH]cc(CCCCN3CCN(c4cccc(Cl)c4Cl)CC3)c2c1. The number of aromatic amines is 1. The maximum Gasteiger partial charge on any atom is 0.123 e. The van der Waals surface area contributed by atoms with Gasteiger partial charge in [0.2, 0.25) is 0 Å². The molecule has 148 valence electrons. The predicted octanol–water partition coefficient (Wildman–Crippen LogP) is 5.76. The maximum atomic E-state index is 13.5. The van der Waals surface area contributed by atoms with Gasteiger partial charge in [0.05, 0.1) is 15.7 Å². The minimum atomic E-state index is -0.175. The first-order chi connectivity index (χ1) is 13.6. The number of nitrogens with one attached hydrogen (secondary N) is 1. The Morgan fingerprint density at radius 1 is 1.00 bits per heavy atom. The number of aryl methyl sites for hydroxylation is 1. The normalized spacial score (nSPS) is 15.5. The molecule has 1 aliphatic heterocycles. The molecule has 2 aromatic carbocycles. The van der Waals surface area contributed by atoms with Crippen molar-refractivity contribution < 1.29 is 4.39 Å². The summed E-state index contributed by atoms with van der Waals surface area (Å²) in [6.07, 6.45) is 5.23. The van der Waals surface area contributed by atoms with Crippen LogP contribution in [-0.2, 0) is 6.42 Å². The fourth-order valence-electron chi connectivity index (χ4n) is 3.96. The van der Waals surface area contributed by atoms with Crippen LogP contribution in [0.25, 0.3) is 10.9 Å². The number of aromatic nitrogens is 1. The quantitative estimate of drug-likeness (QED) is 0.513. The van der Waals surface area contributed by atoms with Crippen molar-refractivity contribution in [3.8, 4) is 0 Å². The molecule has 1 aliphatic rings. The van der Waals surface area contributed by atoms with Crippen LogP contribution in [0.1, 0.15) is 18.4 Å². The maximum absolute atomic E-state index is 13.5. The molecule has 1 aromatic heterocycles. The second-order valence-corrected chi connectivity index (χ2v) is 8.15. The van der Waals surface area contributed by atoms with Crippen molar-refractivity contribution in [2.45, 2.75) is 19.3 Å². The van der Waals surface area contributed by atoms with E-state index in [9.17, 15) is 4.39 Å². The molecule has 4 rings (SSSR count). The van der Waals surface area contributed by atoms with E-state index in [1.165, 1.54) is 11.6 Å². The van der Waals surface area contributed by atoms with E-state index in [1.54, 1.807) is 12.1 Å². The van der Waals surface area contributed by atoms with Gasteiger partial charge in [-0.05, 0) is 61.7 Å². The van der Waals surface area contributed by atoms with Crippen LogP contribution in [0.3, 0.4) is 0 Å². The molecule has 0 radical (unpaired) electrons. The molecule has 0 amide bonds. The standard InChI is InChI=1S/C22H24Cl2FN3/c23-19-5-3-6-21(22(19)24)28-12-10-27(11-13-28)9-2-1-4-16-15-26-20-8-7-17(25)14-18(16)20/h3,5-8,14-15,26H,1-2,4,9-13H2. The molecule has 0 atom stereocenters. The van der Waals surface area contributed by atoms with Crippen molar-refractivity contribution in [2.75, 3.05) is 37.6 Å². The highest BCUT2D eigenvalue weighted by Crippen LogP contribution is 2.32. The Balaban J connectivity index is 1.23. The Labute approximate surface area is 175 Å². The third-order valence-corrected chi connectivity index (χ3v) is 6.35. The van der Waals surface area contributed by atoms with Crippen molar-refractivity contribution in [1.82, 2.24) is 9.88 Å². The number of halogens is 3. The second-order valence-electron chi connectivity index (χ2n) is 7.36. The van der Waals surface area contributed by atoms with Gasteiger partial charge in [0.15, 0.2) is 0 Å². The van der Waals surface area contributed by atoms with E-state index in [-0.39, 0.29) is 5.82 Å². The second kappa shape index (κ2) is 8.73. The van der Waals surface area contributed by atoms with Crippen LogP contribution in [0.15, 0.2) is 42.6 Å². The van der Waals surface area contributed by atoms with E-state index in [0.717, 1.165) is 68.6 Å². The highest BCUT2D eigenvalue weighted by molar-refractivity contribution is 6.43. The number of nitrogens with zero attached hydrogens (tertiary/aromatic N) is 2. The molecule has 6 heteroatoms. The lowest BCUT2D eigenvalue weighted by Crippen LogP contribution is -2.46. The Morgan fingerprint density at radius 3 is 2.64 bits per heavy atom. The molecule has 2 heterocycles. The Morgan fingerprint density at radius 2 is 1.82 bits per heavy atom. The van der Waals surface area contributed by atoms with E-state index in [0.29, 0.717) is 10.0 Å². The number of rotatable bonds is 6. The van der Waals surface area contributed by atoms with Crippen LogP contribution in [0.2, 0.25) is 10.0 Å². The smallest absolute Gasteiger partial charge is 0.123 e. The lowest BCUT2D eigenvalue weighted by Gasteiger charge is -2.36. The Hall–Kier alpha value is -1.75. The average molecular weight is 420 g/mol. The molecule has 0 unspecified atom stereocenters. The number of unbranched alkanes of at least 4 members (excludes halogenated alkanes) is 1. The molecule has 3 aromatic rings. The summed E-state index contributed by atoms with van der Waals surface area (Å²) in [5, 5.41) is 2.26. The largest absolute Gasteiger partial charge is 0.368 e. The van der Waals surface area contributed by atoms with Gasteiger partial charge in [-0.25, -0.2) is 4.39 Å². The van der Waals surface area contributed by atoms with Gasteiger partial charge in [0, 0.05) is 43.3 Å². The summed E-state index contributed by atoms with van der Waals surface area (Å²) >= 11 is 12.5. The van der Waals surface area contributed by atoms with Crippen molar-refractivity contribution in [1.29, 1.82) is 0 Å². The van der Waals surface area contributed by atoms with Gasteiger partial charge in [-0.15, -0.1) is 0 Å². The number of benzene rings is 2. The Kier molecular flexibility index (Phi) is 6.10. The van der Waals surface area contributed by atoms with Crippen LogP contribution in [0.4, 0.5) is 10.1 Å². The average Bonchev–Trinajstić information content (AvgIpc) is 3.10. The first kappa shape index (κ1) is 19.6. The van der Waals surface area contributed by atoms with Crippen LogP contribution in [-0.4, -0.2) is 42.6 Å². The molecule has 28 heavy (non-hydrogen) atoms. The van der Waals surface area contributed by atoms with Crippen molar-refractivity contribution >= 4 is 39.8 Å². The van der Waals surface area contributed by atoms with Crippen LogP contribution in [0.5, 0.6) is 0 Å². The monoisotopic (exact) mass is 419 g/mol. The van der Waals surface area contributed by atoms with Crippen molar-refractivity contribution in [3.05, 3.63) is 64.0 Å². The number of hydrogen-bond donors (Lipinski definition) is 1. The number of anilines is 1. The van der Waals surface area contributed by atoms with Crippen LogP contribution >= 0.6 is 23.2 Å². The molecule has 1 fully saturated rings. The summed E-state index contributed by atoms with van der Waals surface area (Å²) in [6, 6.07) is 10.7. The molecule has 0 bridgehead atoms. The van der Waals surface area contributed by atoms with E-state index in [1.807, 2.05) is 24.4 Å². The number of H-pyrrole nitrogens is 1. The van der Waals surface area contributed by atoms with Gasteiger partial charge in [-0.3, -0.25) is 4.90 Å². The summed E-state index contributed by atoms with van der Waals surface area (Å²) in [5.41, 5.74) is 3.24. The fourth-order valence-corrected chi connectivity index (χ4v) is 4.37. The third kappa shape index (κ3) is 4.29. The van der Waals surface area contributed by atoms with Gasteiger partial charge >= 0.3 is 0 Å². The fraction of sp³-hybridized carbons (Fsp3) is 0.364. The summed E-state index contributed by atoms with van der Waals surface area (Å²) in [6.45, 7) is 5.07. The molecule has 0 aliphatic carbocycles. The first-order valence-corrected chi connectivity index (χ1v) is 10.5. The lowest BCUT2D eigenvalue weighted by atomic mass is 10.1. The zero-order chi connectivity index (χ0) is 19.5. The summed E-state index contributed by atoms with van der Waals surface area (Å²) < 4.78 is 13.5. The predicted molar refractivity (Wildman–Crippen MR) is 116 cm³/mol. The van der Waals surface area contributed by atoms with Gasteiger partial charge in [0.25, 0.3) is 0 Å². The molecular weight excluding hydrogens is 396 g/mol. The van der Waals surface area contributed by atoms with Gasteiger partial charge in [0.1, 0.15) is 5.82 Å². The molecule has 0 spiro atoms. The molecular formula is C22H24Cl2FN3. The number of fused-ring (bicyclic) bond motifs is 1. The van der Waals surface area contributed by atoms with E-state index in [2.05, 4.69) is 14.8 Å². The number of hydrogen-bond acceptors (Lipinski definition) is 2. The van der Waals surface area contributed by atoms with Gasteiger partial charge in [-0.2, -0.15) is 0 Å². The molecule has 0 saturated carbocycles. The topological polar surface area (TPSA) is 22.3 Å². The zero-order valence-corrected chi connectivity index (χ0v) is 17.2. The minimum Gasteiger partial charge on any atom is -0.368 e.